The molecule has 2 aromatic heterocycles. The second-order valence-corrected chi connectivity index (χ2v) is 5.73. The minimum atomic E-state index is -0.0970. The predicted octanol–water partition coefficient (Wildman–Crippen LogP) is 3.64. The van der Waals surface area contributed by atoms with Crippen LogP contribution in [0.25, 0.3) is 22.4 Å². The Balaban J connectivity index is 1.67. The van der Waals surface area contributed by atoms with Crippen LogP contribution in [0.1, 0.15) is 5.89 Å². The Morgan fingerprint density at radius 2 is 1.84 bits per heavy atom. The largest absolute Gasteiger partial charge is 0.421 e. The lowest BCUT2D eigenvalue weighted by molar-refractivity contribution is -0.116. The number of nitrogens with zero attached hydrogens (tertiary/aromatic N) is 3. The molecular formula is C19H16N4O2. The van der Waals surface area contributed by atoms with Crippen LogP contribution in [0.3, 0.4) is 0 Å². The van der Waals surface area contributed by atoms with Gasteiger partial charge in [-0.2, -0.15) is 0 Å². The minimum absolute atomic E-state index is 0.0970. The van der Waals surface area contributed by atoms with Gasteiger partial charge in [0.1, 0.15) is 6.54 Å². The van der Waals surface area contributed by atoms with Gasteiger partial charge in [-0.25, -0.2) is 0 Å². The maximum atomic E-state index is 12.4. The molecule has 2 aromatic carbocycles. The van der Waals surface area contributed by atoms with Crippen molar-refractivity contribution in [3.63, 3.8) is 0 Å². The van der Waals surface area contributed by atoms with E-state index in [1.165, 1.54) is 0 Å². The zero-order valence-corrected chi connectivity index (χ0v) is 13.6. The SMILES string of the molecule is Cc1nnc(-c2cn(CC(=O)Nc3ccccc3)c3ccccc23)o1. The molecule has 0 atom stereocenters. The second-order valence-electron chi connectivity index (χ2n) is 5.73. The first-order valence-corrected chi connectivity index (χ1v) is 7.94. The molecule has 0 fully saturated rings. The smallest absolute Gasteiger partial charge is 0.249 e. The molecule has 0 spiro atoms. The van der Waals surface area contributed by atoms with Crippen molar-refractivity contribution in [3.8, 4) is 11.5 Å². The topological polar surface area (TPSA) is 73.0 Å². The molecular weight excluding hydrogens is 316 g/mol. The molecule has 0 saturated heterocycles. The van der Waals surface area contributed by atoms with Gasteiger partial charge in [-0.05, 0) is 18.2 Å². The molecule has 124 valence electrons. The average Bonchev–Trinajstić information content (AvgIpc) is 3.20. The first kappa shape index (κ1) is 15.1. The van der Waals surface area contributed by atoms with Gasteiger partial charge in [-0.1, -0.05) is 36.4 Å². The van der Waals surface area contributed by atoms with Crippen molar-refractivity contribution in [2.24, 2.45) is 0 Å². The van der Waals surface area contributed by atoms with Gasteiger partial charge in [0, 0.05) is 29.7 Å². The third-order valence-electron chi connectivity index (χ3n) is 3.92. The Labute approximate surface area is 144 Å². The van der Waals surface area contributed by atoms with Crippen LogP contribution in [0.4, 0.5) is 5.69 Å². The Kier molecular flexibility index (Phi) is 3.78. The van der Waals surface area contributed by atoms with E-state index in [-0.39, 0.29) is 12.5 Å². The molecule has 1 amide bonds. The number of carbonyl (C=O) groups is 1. The number of aryl methyl sites for hydroxylation is 1. The summed E-state index contributed by atoms with van der Waals surface area (Å²) in [5, 5.41) is 11.9. The second kappa shape index (κ2) is 6.24. The maximum absolute atomic E-state index is 12.4. The van der Waals surface area contributed by atoms with Crippen LogP contribution in [0.2, 0.25) is 0 Å². The number of carbonyl (C=O) groups excluding carboxylic acids is 1. The quantitative estimate of drug-likeness (QED) is 0.619. The van der Waals surface area contributed by atoms with Gasteiger partial charge < -0.3 is 14.3 Å². The number of anilines is 1. The number of hydrogen-bond acceptors (Lipinski definition) is 4. The van der Waals surface area contributed by atoms with E-state index in [4.69, 9.17) is 4.42 Å². The van der Waals surface area contributed by atoms with Crippen molar-refractivity contribution in [3.05, 3.63) is 66.7 Å². The normalized spacial score (nSPS) is 10.9. The standard InChI is InChI=1S/C19H16N4O2/c1-13-21-22-19(25-13)16-11-23(17-10-6-5-9-15(16)17)12-18(24)20-14-7-3-2-4-8-14/h2-11H,12H2,1H3,(H,20,24). The summed E-state index contributed by atoms with van der Waals surface area (Å²) in [4.78, 5) is 12.4. The first-order valence-electron chi connectivity index (χ1n) is 7.94. The van der Waals surface area contributed by atoms with Crippen molar-refractivity contribution < 1.29 is 9.21 Å². The van der Waals surface area contributed by atoms with Crippen molar-refractivity contribution in [1.82, 2.24) is 14.8 Å². The third-order valence-corrected chi connectivity index (χ3v) is 3.92. The Hall–Kier alpha value is -3.41. The van der Waals surface area contributed by atoms with Crippen LogP contribution in [0, 0.1) is 6.92 Å². The Morgan fingerprint density at radius 3 is 2.60 bits per heavy atom. The number of amides is 1. The number of para-hydroxylation sites is 2. The Morgan fingerprint density at radius 1 is 1.08 bits per heavy atom. The van der Waals surface area contributed by atoms with Crippen LogP contribution < -0.4 is 5.32 Å². The van der Waals surface area contributed by atoms with E-state index in [1.54, 1.807) is 6.92 Å². The van der Waals surface area contributed by atoms with Gasteiger partial charge in [0.25, 0.3) is 0 Å². The van der Waals surface area contributed by atoms with E-state index in [9.17, 15) is 4.79 Å². The summed E-state index contributed by atoms with van der Waals surface area (Å²) in [6.07, 6.45) is 1.88. The van der Waals surface area contributed by atoms with E-state index >= 15 is 0 Å². The summed E-state index contributed by atoms with van der Waals surface area (Å²) in [6, 6.07) is 17.2. The molecule has 0 aliphatic rings. The molecule has 6 nitrogen and oxygen atoms in total. The molecule has 0 radical (unpaired) electrons. The van der Waals surface area contributed by atoms with Gasteiger partial charge in [-0.3, -0.25) is 4.79 Å². The third kappa shape index (κ3) is 3.01. The summed E-state index contributed by atoms with van der Waals surface area (Å²) >= 11 is 0. The van der Waals surface area contributed by atoms with Crippen molar-refractivity contribution >= 4 is 22.5 Å². The van der Waals surface area contributed by atoms with Gasteiger partial charge in [0.15, 0.2) is 0 Å². The summed E-state index contributed by atoms with van der Waals surface area (Å²) in [5.74, 6) is 0.866. The lowest BCUT2D eigenvalue weighted by Crippen LogP contribution is -2.18. The molecule has 4 rings (SSSR count). The molecule has 6 heteroatoms. The van der Waals surface area contributed by atoms with Gasteiger partial charge >= 0.3 is 0 Å². The van der Waals surface area contributed by atoms with Gasteiger partial charge in [0.2, 0.25) is 17.7 Å². The van der Waals surface area contributed by atoms with E-state index < -0.39 is 0 Å². The van der Waals surface area contributed by atoms with Crippen LogP contribution >= 0.6 is 0 Å². The van der Waals surface area contributed by atoms with Crippen molar-refractivity contribution in [2.75, 3.05) is 5.32 Å². The zero-order valence-electron chi connectivity index (χ0n) is 13.6. The first-order chi connectivity index (χ1) is 12.2. The molecule has 2 heterocycles. The highest BCUT2D eigenvalue weighted by atomic mass is 16.4. The number of rotatable bonds is 4. The molecule has 25 heavy (non-hydrogen) atoms. The van der Waals surface area contributed by atoms with Gasteiger partial charge in [-0.15, -0.1) is 10.2 Å². The lowest BCUT2D eigenvalue weighted by Gasteiger charge is -2.07. The monoisotopic (exact) mass is 332 g/mol. The highest BCUT2D eigenvalue weighted by Crippen LogP contribution is 2.29. The molecule has 0 unspecified atom stereocenters. The number of aromatic nitrogens is 3. The predicted molar refractivity (Wildman–Crippen MR) is 95.0 cm³/mol. The maximum Gasteiger partial charge on any atom is 0.249 e. The summed E-state index contributed by atoms with van der Waals surface area (Å²) in [6.45, 7) is 1.95. The average molecular weight is 332 g/mol. The van der Waals surface area contributed by atoms with E-state index in [1.807, 2.05) is 65.4 Å². The van der Waals surface area contributed by atoms with Crippen molar-refractivity contribution in [2.45, 2.75) is 13.5 Å². The molecule has 0 aliphatic heterocycles. The van der Waals surface area contributed by atoms with Crippen molar-refractivity contribution in [1.29, 1.82) is 0 Å². The minimum Gasteiger partial charge on any atom is -0.421 e. The molecule has 0 saturated carbocycles. The van der Waals surface area contributed by atoms with E-state index in [2.05, 4.69) is 15.5 Å². The van der Waals surface area contributed by atoms with Crippen LogP contribution in [0.5, 0.6) is 0 Å². The molecule has 0 aliphatic carbocycles. The fraction of sp³-hybridized carbons (Fsp3) is 0.105. The summed E-state index contributed by atoms with van der Waals surface area (Å²) in [7, 11) is 0. The van der Waals surface area contributed by atoms with E-state index in [0.717, 1.165) is 22.2 Å². The molecule has 1 N–H and O–H groups in total. The number of fused-ring (bicyclic) bond motifs is 1. The fourth-order valence-electron chi connectivity index (χ4n) is 2.83. The summed E-state index contributed by atoms with van der Waals surface area (Å²) in [5.41, 5.74) is 2.54. The zero-order chi connectivity index (χ0) is 17.2. The van der Waals surface area contributed by atoms with Crippen LogP contribution in [-0.4, -0.2) is 20.7 Å². The van der Waals surface area contributed by atoms with Crippen LogP contribution in [0.15, 0.2) is 65.2 Å². The Bertz CT molecular complexity index is 1030. The van der Waals surface area contributed by atoms with E-state index in [0.29, 0.717) is 11.8 Å². The molecule has 0 bridgehead atoms. The van der Waals surface area contributed by atoms with Gasteiger partial charge in [0.05, 0.1) is 5.56 Å². The number of nitrogens with one attached hydrogen (secondary N) is 1. The number of hydrogen-bond donors (Lipinski definition) is 1. The highest BCUT2D eigenvalue weighted by molar-refractivity contribution is 5.96. The fourth-order valence-corrected chi connectivity index (χ4v) is 2.83. The van der Waals surface area contributed by atoms with Crippen LogP contribution in [-0.2, 0) is 11.3 Å². The number of benzene rings is 2. The lowest BCUT2D eigenvalue weighted by atomic mass is 10.2. The summed E-state index contributed by atoms with van der Waals surface area (Å²) < 4.78 is 7.45. The highest BCUT2D eigenvalue weighted by Gasteiger charge is 2.16. The molecule has 4 aromatic rings.